The molecule has 6 heteroatoms. The normalized spacial score (nSPS) is 14.0. The number of rotatable bonds is 4. The van der Waals surface area contributed by atoms with Gasteiger partial charge in [-0.15, -0.1) is 0 Å². The van der Waals surface area contributed by atoms with Crippen molar-refractivity contribution in [1.82, 2.24) is 9.80 Å². The fraction of sp³-hybridized carbons (Fsp3) is 0.333. The van der Waals surface area contributed by atoms with Gasteiger partial charge in [-0.05, 0) is 42.3 Å². The van der Waals surface area contributed by atoms with Gasteiger partial charge >= 0.3 is 6.09 Å². The number of benzene rings is 2. The molecule has 1 fully saturated rings. The summed E-state index contributed by atoms with van der Waals surface area (Å²) in [5.41, 5.74) is 1.65. The highest BCUT2D eigenvalue weighted by molar-refractivity contribution is 5.94. The van der Waals surface area contributed by atoms with Crippen LogP contribution in [0.2, 0.25) is 0 Å². The number of ether oxygens (including phenoxy) is 2. The lowest BCUT2D eigenvalue weighted by Gasteiger charge is -2.34. The Bertz CT molecular complexity index is 799. The van der Waals surface area contributed by atoms with Crippen molar-refractivity contribution in [1.29, 1.82) is 0 Å². The molecular formula is C21H24N2O4. The summed E-state index contributed by atoms with van der Waals surface area (Å²) >= 11 is 0. The number of piperazine rings is 1. The number of carbonyl (C=O) groups is 2. The van der Waals surface area contributed by atoms with Gasteiger partial charge in [-0.25, -0.2) is 4.79 Å². The molecule has 27 heavy (non-hydrogen) atoms. The van der Waals surface area contributed by atoms with E-state index in [0.29, 0.717) is 37.5 Å². The summed E-state index contributed by atoms with van der Waals surface area (Å²) < 4.78 is 10.7. The summed E-state index contributed by atoms with van der Waals surface area (Å²) in [5.74, 6) is 1.29. The summed E-state index contributed by atoms with van der Waals surface area (Å²) in [5, 5.41) is 0. The van der Waals surface area contributed by atoms with Gasteiger partial charge in [-0.2, -0.15) is 0 Å². The van der Waals surface area contributed by atoms with E-state index in [0.717, 1.165) is 17.7 Å². The van der Waals surface area contributed by atoms with Gasteiger partial charge in [-0.3, -0.25) is 4.79 Å². The first-order valence-electron chi connectivity index (χ1n) is 9.10. The lowest BCUT2D eigenvalue weighted by atomic mass is 10.1. The second kappa shape index (κ2) is 8.58. The van der Waals surface area contributed by atoms with Gasteiger partial charge in [0.15, 0.2) is 0 Å². The first-order chi connectivity index (χ1) is 13.1. The third kappa shape index (κ3) is 4.39. The number of carbonyl (C=O) groups excluding carboxylic acids is 2. The van der Waals surface area contributed by atoms with Crippen LogP contribution < -0.4 is 9.47 Å². The van der Waals surface area contributed by atoms with Crippen molar-refractivity contribution in [3.05, 3.63) is 59.7 Å². The van der Waals surface area contributed by atoms with E-state index >= 15 is 0 Å². The number of nitrogens with zero attached hydrogens (tertiary/aromatic N) is 2. The van der Waals surface area contributed by atoms with Crippen LogP contribution in [0, 0.1) is 0 Å². The number of hydrogen-bond acceptors (Lipinski definition) is 4. The van der Waals surface area contributed by atoms with E-state index in [2.05, 4.69) is 0 Å². The van der Waals surface area contributed by atoms with Gasteiger partial charge < -0.3 is 19.3 Å². The number of hydrogen-bond donors (Lipinski definition) is 0. The summed E-state index contributed by atoms with van der Waals surface area (Å²) in [6, 6.07) is 14.5. The van der Waals surface area contributed by atoms with E-state index in [-0.39, 0.29) is 12.0 Å². The zero-order chi connectivity index (χ0) is 19.2. The molecule has 0 aliphatic carbocycles. The van der Waals surface area contributed by atoms with Crippen LogP contribution in [0.15, 0.2) is 48.5 Å². The van der Waals surface area contributed by atoms with Crippen molar-refractivity contribution in [3.8, 4) is 11.5 Å². The third-order valence-electron chi connectivity index (χ3n) is 4.68. The maximum Gasteiger partial charge on any atom is 0.415 e. The number of para-hydroxylation sites is 1. The van der Waals surface area contributed by atoms with E-state index in [4.69, 9.17) is 9.47 Å². The third-order valence-corrected chi connectivity index (χ3v) is 4.68. The summed E-state index contributed by atoms with van der Waals surface area (Å²) in [7, 11) is 1.63. The highest BCUT2D eigenvalue weighted by Gasteiger charge is 2.26. The van der Waals surface area contributed by atoms with Gasteiger partial charge in [0.25, 0.3) is 5.91 Å². The Morgan fingerprint density at radius 3 is 2.26 bits per heavy atom. The molecule has 1 aliphatic heterocycles. The maximum atomic E-state index is 12.8. The molecule has 6 nitrogen and oxygen atoms in total. The first-order valence-corrected chi connectivity index (χ1v) is 9.10. The van der Waals surface area contributed by atoms with Crippen LogP contribution >= 0.6 is 0 Å². The van der Waals surface area contributed by atoms with E-state index in [1.54, 1.807) is 35.1 Å². The molecule has 0 aromatic heterocycles. The van der Waals surface area contributed by atoms with Crippen LogP contribution in [0.25, 0.3) is 0 Å². The molecular weight excluding hydrogens is 344 g/mol. The Kier molecular flexibility index (Phi) is 5.96. The fourth-order valence-electron chi connectivity index (χ4n) is 3.12. The van der Waals surface area contributed by atoms with Crippen LogP contribution in [0.4, 0.5) is 4.79 Å². The summed E-state index contributed by atoms with van der Waals surface area (Å²) in [6.45, 7) is 3.90. The Morgan fingerprint density at radius 2 is 1.63 bits per heavy atom. The van der Waals surface area contributed by atoms with E-state index in [1.165, 1.54) is 0 Å². The van der Waals surface area contributed by atoms with Crippen LogP contribution in [0.5, 0.6) is 11.5 Å². The van der Waals surface area contributed by atoms with Crippen LogP contribution in [0.3, 0.4) is 0 Å². The van der Waals surface area contributed by atoms with E-state index < -0.39 is 0 Å². The molecule has 1 saturated heterocycles. The molecule has 0 radical (unpaired) electrons. The first kappa shape index (κ1) is 18.8. The summed E-state index contributed by atoms with van der Waals surface area (Å²) in [6.07, 6.45) is 0.412. The molecule has 0 saturated carbocycles. The number of amides is 2. The van der Waals surface area contributed by atoms with Crippen molar-refractivity contribution in [2.75, 3.05) is 33.3 Å². The molecule has 0 spiro atoms. The van der Waals surface area contributed by atoms with Gasteiger partial charge in [0.1, 0.15) is 11.5 Å². The molecule has 0 N–H and O–H groups in total. The zero-order valence-electron chi connectivity index (χ0n) is 15.7. The maximum absolute atomic E-state index is 12.8. The molecule has 1 aliphatic rings. The quantitative estimate of drug-likeness (QED) is 0.831. The number of methoxy groups -OCH3 is 1. The topological polar surface area (TPSA) is 59.1 Å². The van der Waals surface area contributed by atoms with Crippen molar-refractivity contribution in [2.45, 2.75) is 13.3 Å². The van der Waals surface area contributed by atoms with Crippen LogP contribution in [0.1, 0.15) is 22.8 Å². The van der Waals surface area contributed by atoms with Crippen molar-refractivity contribution in [3.63, 3.8) is 0 Å². The van der Waals surface area contributed by atoms with Crippen LogP contribution in [-0.4, -0.2) is 55.1 Å². The Balaban J connectivity index is 1.58. The second-order valence-electron chi connectivity index (χ2n) is 6.34. The molecule has 3 rings (SSSR count). The largest absolute Gasteiger partial charge is 0.496 e. The average molecular weight is 368 g/mol. The second-order valence-corrected chi connectivity index (χ2v) is 6.34. The molecule has 142 valence electrons. The van der Waals surface area contributed by atoms with E-state index in [9.17, 15) is 9.59 Å². The Labute approximate surface area is 159 Å². The molecule has 2 aromatic rings. The number of aryl methyl sites for hydroxylation is 1. The smallest absolute Gasteiger partial charge is 0.415 e. The van der Waals surface area contributed by atoms with Gasteiger partial charge in [0.2, 0.25) is 0 Å². The minimum absolute atomic E-state index is 0.0246. The highest BCUT2D eigenvalue weighted by atomic mass is 16.6. The van der Waals surface area contributed by atoms with Crippen molar-refractivity contribution >= 4 is 12.0 Å². The molecule has 2 amide bonds. The van der Waals surface area contributed by atoms with Crippen molar-refractivity contribution < 1.29 is 19.1 Å². The van der Waals surface area contributed by atoms with Gasteiger partial charge in [-0.1, -0.05) is 25.1 Å². The monoisotopic (exact) mass is 368 g/mol. The molecule has 0 atom stereocenters. The predicted molar refractivity (Wildman–Crippen MR) is 102 cm³/mol. The molecule has 0 bridgehead atoms. The standard InChI is InChI=1S/C21H24N2O4/c1-3-16-15-17(9-10-19(16)26-2)20(24)22-11-13-23(14-12-22)21(25)27-18-7-5-4-6-8-18/h4-10,15H,3,11-14H2,1-2H3. The van der Waals surface area contributed by atoms with Gasteiger partial charge in [0.05, 0.1) is 7.11 Å². The predicted octanol–water partition coefficient (Wildman–Crippen LogP) is 3.21. The lowest BCUT2D eigenvalue weighted by Crippen LogP contribution is -2.51. The molecule has 1 heterocycles. The average Bonchev–Trinajstić information content (AvgIpc) is 2.73. The highest BCUT2D eigenvalue weighted by Crippen LogP contribution is 2.22. The minimum atomic E-state index is -0.383. The summed E-state index contributed by atoms with van der Waals surface area (Å²) in [4.78, 5) is 28.4. The van der Waals surface area contributed by atoms with Crippen LogP contribution in [-0.2, 0) is 6.42 Å². The molecule has 2 aromatic carbocycles. The Morgan fingerprint density at radius 1 is 0.963 bits per heavy atom. The fourth-order valence-corrected chi connectivity index (χ4v) is 3.12. The Hall–Kier alpha value is -3.02. The SMILES string of the molecule is CCc1cc(C(=O)N2CCN(C(=O)Oc3ccccc3)CC2)ccc1OC. The van der Waals surface area contributed by atoms with E-state index in [1.807, 2.05) is 37.3 Å². The zero-order valence-corrected chi connectivity index (χ0v) is 15.7. The lowest BCUT2D eigenvalue weighted by molar-refractivity contribution is 0.0633. The van der Waals surface area contributed by atoms with Crippen molar-refractivity contribution in [2.24, 2.45) is 0 Å². The minimum Gasteiger partial charge on any atom is -0.496 e. The molecule has 0 unspecified atom stereocenters. The van der Waals surface area contributed by atoms with Gasteiger partial charge in [0, 0.05) is 31.7 Å².